The summed E-state index contributed by atoms with van der Waals surface area (Å²) in [5.41, 5.74) is 4.36. The summed E-state index contributed by atoms with van der Waals surface area (Å²) >= 11 is 1.24. The van der Waals surface area contributed by atoms with Crippen LogP contribution in [0.4, 0.5) is 0 Å². The normalized spacial score (nSPS) is 12.1. The fourth-order valence-corrected chi connectivity index (χ4v) is 2.94. The summed E-state index contributed by atoms with van der Waals surface area (Å²) in [7, 11) is 0. The van der Waals surface area contributed by atoms with E-state index in [-0.39, 0.29) is 5.97 Å². The molecule has 1 aliphatic carbocycles. The van der Waals surface area contributed by atoms with Gasteiger partial charge < -0.3 is 4.74 Å². The van der Waals surface area contributed by atoms with E-state index < -0.39 is 0 Å². The first-order chi connectivity index (χ1) is 8.31. The minimum absolute atomic E-state index is 0.251. The van der Waals surface area contributed by atoms with E-state index in [2.05, 4.69) is 16.5 Å². The summed E-state index contributed by atoms with van der Waals surface area (Å²) in [5, 5.41) is 0. The molecule has 0 radical (unpaired) electrons. The van der Waals surface area contributed by atoms with Gasteiger partial charge in [0.25, 0.3) is 0 Å². The molecule has 17 heavy (non-hydrogen) atoms. The van der Waals surface area contributed by atoms with Crippen molar-refractivity contribution in [3.05, 3.63) is 40.3 Å². The van der Waals surface area contributed by atoms with Crippen molar-refractivity contribution in [1.82, 2.24) is 4.37 Å². The Morgan fingerprint density at radius 1 is 1.47 bits per heavy atom. The third-order valence-electron chi connectivity index (χ3n) is 2.89. The number of esters is 1. The average molecular weight is 245 g/mol. The van der Waals surface area contributed by atoms with Gasteiger partial charge in [0, 0.05) is 17.5 Å². The van der Waals surface area contributed by atoms with Crippen molar-refractivity contribution in [1.29, 1.82) is 0 Å². The van der Waals surface area contributed by atoms with Gasteiger partial charge in [-0.05, 0) is 24.0 Å². The second kappa shape index (κ2) is 3.96. The number of aromatic nitrogens is 1. The largest absolute Gasteiger partial charge is 0.462 e. The van der Waals surface area contributed by atoms with E-state index in [4.69, 9.17) is 4.74 Å². The molecule has 0 atom stereocenters. The van der Waals surface area contributed by atoms with Gasteiger partial charge in [-0.15, -0.1) is 0 Å². The zero-order valence-corrected chi connectivity index (χ0v) is 10.2. The highest BCUT2D eigenvalue weighted by molar-refractivity contribution is 7.08. The van der Waals surface area contributed by atoms with E-state index in [1.54, 1.807) is 0 Å². The Morgan fingerprint density at radius 2 is 2.29 bits per heavy atom. The number of rotatable bonds is 2. The van der Waals surface area contributed by atoms with Gasteiger partial charge in [0.2, 0.25) is 0 Å². The first-order valence-corrected chi connectivity index (χ1v) is 6.32. The summed E-state index contributed by atoms with van der Waals surface area (Å²) in [6.45, 7) is 2.21. The first-order valence-electron chi connectivity index (χ1n) is 5.55. The Bertz CT molecular complexity index is 589. The van der Waals surface area contributed by atoms with Crippen molar-refractivity contribution in [2.75, 3.05) is 6.61 Å². The van der Waals surface area contributed by atoms with Crippen LogP contribution in [0.15, 0.2) is 24.3 Å². The molecule has 1 aromatic carbocycles. The second-order valence-corrected chi connectivity index (χ2v) is 4.67. The molecule has 0 aliphatic heterocycles. The van der Waals surface area contributed by atoms with Gasteiger partial charge in [0.05, 0.1) is 12.3 Å². The van der Waals surface area contributed by atoms with Crippen molar-refractivity contribution < 1.29 is 9.53 Å². The molecule has 1 aliphatic rings. The lowest BCUT2D eigenvalue weighted by molar-refractivity contribution is 0.0531. The summed E-state index contributed by atoms with van der Waals surface area (Å²) in [6.07, 6.45) is 0.788. The molecule has 3 rings (SSSR count). The minimum Gasteiger partial charge on any atom is -0.462 e. The molecule has 2 aromatic rings. The first kappa shape index (κ1) is 10.5. The quantitative estimate of drug-likeness (QED) is 0.652. The van der Waals surface area contributed by atoms with Gasteiger partial charge >= 0.3 is 5.97 Å². The van der Waals surface area contributed by atoms with Crippen LogP contribution in [0.5, 0.6) is 0 Å². The van der Waals surface area contributed by atoms with Crippen molar-refractivity contribution in [3.63, 3.8) is 0 Å². The molecule has 0 N–H and O–H groups in total. The van der Waals surface area contributed by atoms with Gasteiger partial charge in [0.1, 0.15) is 4.88 Å². The van der Waals surface area contributed by atoms with Gasteiger partial charge in [-0.2, -0.15) is 4.37 Å². The van der Waals surface area contributed by atoms with Crippen LogP contribution in [-0.4, -0.2) is 16.9 Å². The molecule has 0 fully saturated rings. The third kappa shape index (κ3) is 1.56. The van der Waals surface area contributed by atoms with Crippen molar-refractivity contribution in [2.45, 2.75) is 13.3 Å². The van der Waals surface area contributed by atoms with E-state index in [9.17, 15) is 4.79 Å². The number of carbonyl (C=O) groups excluding carboxylic acids is 1. The topological polar surface area (TPSA) is 39.2 Å². The number of hydrogen-bond donors (Lipinski definition) is 0. The molecule has 0 saturated carbocycles. The lowest BCUT2D eigenvalue weighted by Gasteiger charge is -1.99. The average Bonchev–Trinajstić information content (AvgIpc) is 2.87. The van der Waals surface area contributed by atoms with E-state index in [0.29, 0.717) is 11.5 Å². The third-order valence-corrected chi connectivity index (χ3v) is 3.76. The SMILES string of the molecule is CCOC(=O)c1snc2c1Cc1ccccc1-2. The number of benzene rings is 1. The van der Waals surface area contributed by atoms with Crippen LogP contribution in [0.1, 0.15) is 27.7 Å². The zero-order chi connectivity index (χ0) is 11.8. The lowest BCUT2D eigenvalue weighted by Crippen LogP contribution is -2.04. The molecule has 86 valence electrons. The molecular formula is C13H11NO2S. The van der Waals surface area contributed by atoms with Gasteiger partial charge in [-0.25, -0.2) is 4.79 Å². The van der Waals surface area contributed by atoms with E-state index in [1.807, 2.05) is 19.1 Å². The van der Waals surface area contributed by atoms with Crippen molar-refractivity contribution in [3.8, 4) is 11.3 Å². The minimum atomic E-state index is -0.251. The van der Waals surface area contributed by atoms with Crippen LogP contribution < -0.4 is 0 Å². The van der Waals surface area contributed by atoms with E-state index in [0.717, 1.165) is 23.2 Å². The summed E-state index contributed by atoms with van der Waals surface area (Å²) in [5.74, 6) is -0.251. The highest BCUT2D eigenvalue weighted by Crippen LogP contribution is 2.39. The Balaban J connectivity index is 2.05. The molecule has 4 heteroatoms. The lowest BCUT2D eigenvalue weighted by atomic mass is 10.1. The monoisotopic (exact) mass is 245 g/mol. The highest BCUT2D eigenvalue weighted by Gasteiger charge is 2.27. The van der Waals surface area contributed by atoms with Gasteiger partial charge in [0.15, 0.2) is 0 Å². The Hall–Kier alpha value is -1.68. The van der Waals surface area contributed by atoms with Crippen LogP contribution in [0.25, 0.3) is 11.3 Å². The molecule has 0 saturated heterocycles. The number of ether oxygens (including phenoxy) is 1. The molecule has 0 unspecified atom stereocenters. The van der Waals surface area contributed by atoms with Gasteiger partial charge in [-0.3, -0.25) is 0 Å². The maximum atomic E-state index is 11.8. The standard InChI is InChI=1S/C13H11NO2S/c1-2-16-13(15)12-10-7-8-5-3-4-6-9(8)11(10)14-17-12/h3-6H,2,7H2,1H3. The Morgan fingerprint density at radius 3 is 3.12 bits per heavy atom. The number of fused-ring (bicyclic) bond motifs is 3. The Kier molecular flexibility index (Phi) is 2.44. The van der Waals surface area contributed by atoms with Crippen LogP contribution in [0.2, 0.25) is 0 Å². The zero-order valence-electron chi connectivity index (χ0n) is 9.40. The van der Waals surface area contributed by atoms with Crippen LogP contribution in [0.3, 0.4) is 0 Å². The van der Waals surface area contributed by atoms with Crippen molar-refractivity contribution in [2.24, 2.45) is 0 Å². The second-order valence-electron chi connectivity index (χ2n) is 3.89. The molecule has 0 bridgehead atoms. The number of carbonyl (C=O) groups is 1. The smallest absolute Gasteiger partial charge is 0.350 e. The molecular weight excluding hydrogens is 234 g/mol. The summed E-state index contributed by atoms with van der Waals surface area (Å²) in [6, 6.07) is 8.14. The molecule has 1 aromatic heterocycles. The van der Waals surface area contributed by atoms with Crippen molar-refractivity contribution >= 4 is 17.5 Å². The summed E-state index contributed by atoms with van der Waals surface area (Å²) in [4.78, 5) is 12.4. The van der Waals surface area contributed by atoms with E-state index >= 15 is 0 Å². The molecule has 3 nitrogen and oxygen atoms in total. The fourth-order valence-electron chi connectivity index (χ4n) is 2.14. The fraction of sp³-hybridized carbons (Fsp3) is 0.231. The highest BCUT2D eigenvalue weighted by atomic mass is 32.1. The predicted molar refractivity (Wildman–Crippen MR) is 66.3 cm³/mol. The molecule has 1 heterocycles. The maximum Gasteiger partial charge on any atom is 0.350 e. The van der Waals surface area contributed by atoms with Crippen LogP contribution in [-0.2, 0) is 11.2 Å². The summed E-state index contributed by atoms with van der Waals surface area (Å²) < 4.78 is 9.42. The Labute approximate surface area is 103 Å². The van der Waals surface area contributed by atoms with Gasteiger partial charge in [-0.1, -0.05) is 24.3 Å². The van der Waals surface area contributed by atoms with E-state index in [1.165, 1.54) is 17.1 Å². The molecule has 0 spiro atoms. The van der Waals surface area contributed by atoms with Crippen LogP contribution >= 0.6 is 11.5 Å². The molecule has 0 amide bonds. The number of hydrogen-bond acceptors (Lipinski definition) is 4. The predicted octanol–water partition coefficient (Wildman–Crippen LogP) is 2.89. The maximum absolute atomic E-state index is 11.8. The van der Waals surface area contributed by atoms with Crippen LogP contribution in [0, 0.1) is 0 Å². The number of nitrogens with zero attached hydrogens (tertiary/aromatic N) is 1.